The van der Waals surface area contributed by atoms with E-state index in [4.69, 9.17) is 16.7 Å². The molecular formula is C26H28ClN3O3. The van der Waals surface area contributed by atoms with Gasteiger partial charge in [0.05, 0.1) is 5.52 Å². The Morgan fingerprint density at radius 2 is 1.88 bits per heavy atom. The average Bonchev–Trinajstić information content (AvgIpc) is 2.84. The first-order valence-electron chi connectivity index (χ1n) is 11.0. The van der Waals surface area contributed by atoms with Gasteiger partial charge in [0, 0.05) is 41.8 Å². The zero-order valence-electron chi connectivity index (χ0n) is 18.9. The molecule has 33 heavy (non-hydrogen) atoms. The number of aliphatic hydroxyl groups excluding tert-OH is 1. The van der Waals surface area contributed by atoms with Gasteiger partial charge >= 0.3 is 0 Å². The van der Waals surface area contributed by atoms with Gasteiger partial charge in [0.1, 0.15) is 12.2 Å². The number of carbonyl (C=O) groups is 1. The van der Waals surface area contributed by atoms with Gasteiger partial charge in [-0.15, -0.1) is 0 Å². The topological polar surface area (TPSA) is 74.6 Å². The molecule has 2 N–H and O–H groups in total. The van der Waals surface area contributed by atoms with Crippen LogP contribution < -0.4 is 10.7 Å². The van der Waals surface area contributed by atoms with Gasteiger partial charge in [0.2, 0.25) is 5.43 Å². The smallest absolute Gasteiger partial charge is 0.257 e. The van der Waals surface area contributed by atoms with Crippen LogP contribution in [0.5, 0.6) is 0 Å². The molecule has 0 aliphatic rings. The monoisotopic (exact) mass is 465 g/mol. The Labute approximate surface area is 198 Å². The number of halogens is 1. The van der Waals surface area contributed by atoms with E-state index in [1.165, 1.54) is 0 Å². The van der Waals surface area contributed by atoms with Gasteiger partial charge in [-0.25, -0.2) is 0 Å². The van der Waals surface area contributed by atoms with Gasteiger partial charge in [0.25, 0.3) is 5.91 Å². The maximum Gasteiger partial charge on any atom is 0.257 e. The number of benzene rings is 2. The SMILES string of the molecule is CCN(CC)CCn1cc(C(=O)NCc2ccc(Cl)cc2)c(=O)c2cc(C#CCO)ccc21. The van der Waals surface area contributed by atoms with Crippen LogP contribution in [0, 0.1) is 11.8 Å². The van der Waals surface area contributed by atoms with Crippen LogP contribution in [0.15, 0.2) is 53.5 Å². The Morgan fingerprint density at radius 3 is 2.55 bits per heavy atom. The number of carbonyl (C=O) groups excluding carboxylic acids is 1. The average molecular weight is 466 g/mol. The summed E-state index contributed by atoms with van der Waals surface area (Å²) >= 11 is 5.92. The van der Waals surface area contributed by atoms with Crippen LogP contribution in [0.4, 0.5) is 0 Å². The minimum absolute atomic E-state index is 0.0864. The summed E-state index contributed by atoms with van der Waals surface area (Å²) in [5.74, 6) is 5.00. The largest absolute Gasteiger partial charge is 0.384 e. The number of fused-ring (bicyclic) bond motifs is 1. The summed E-state index contributed by atoms with van der Waals surface area (Å²) in [5.41, 5.74) is 1.99. The third-order valence-corrected chi connectivity index (χ3v) is 5.81. The van der Waals surface area contributed by atoms with Crippen molar-refractivity contribution in [2.24, 2.45) is 0 Å². The number of amides is 1. The van der Waals surface area contributed by atoms with Crippen molar-refractivity contribution in [1.82, 2.24) is 14.8 Å². The Morgan fingerprint density at radius 1 is 1.15 bits per heavy atom. The third kappa shape index (κ3) is 6.23. The van der Waals surface area contributed by atoms with Crippen molar-refractivity contribution >= 4 is 28.4 Å². The number of hydrogen-bond acceptors (Lipinski definition) is 4. The molecule has 3 rings (SSSR count). The minimum atomic E-state index is -0.430. The first-order valence-corrected chi connectivity index (χ1v) is 11.4. The molecule has 1 aromatic heterocycles. The summed E-state index contributed by atoms with van der Waals surface area (Å²) in [6, 6.07) is 12.5. The number of aliphatic hydroxyl groups is 1. The van der Waals surface area contributed by atoms with Gasteiger partial charge in [-0.2, -0.15) is 0 Å². The van der Waals surface area contributed by atoms with Crippen LogP contribution >= 0.6 is 11.6 Å². The lowest BCUT2D eigenvalue weighted by Gasteiger charge is -2.20. The molecular weight excluding hydrogens is 438 g/mol. The maximum absolute atomic E-state index is 13.3. The Bertz CT molecular complexity index is 1240. The molecule has 0 aliphatic carbocycles. The van der Waals surface area contributed by atoms with Crippen molar-refractivity contribution in [2.75, 3.05) is 26.2 Å². The van der Waals surface area contributed by atoms with Gasteiger partial charge in [-0.1, -0.05) is 49.4 Å². The maximum atomic E-state index is 13.3. The third-order valence-electron chi connectivity index (χ3n) is 5.55. The molecule has 0 aliphatic heterocycles. The fourth-order valence-corrected chi connectivity index (χ4v) is 3.76. The minimum Gasteiger partial charge on any atom is -0.384 e. The summed E-state index contributed by atoms with van der Waals surface area (Å²) < 4.78 is 1.95. The highest BCUT2D eigenvalue weighted by Gasteiger charge is 2.16. The second kappa shape index (κ2) is 11.7. The van der Waals surface area contributed by atoms with Crippen LogP contribution in [-0.2, 0) is 13.1 Å². The van der Waals surface area contributed by atoms with E-state index in [1.807, 2.05) is 28.8 Å². The molecule has 1 amide bonds. The lowest BCUT2D eigenvalue weighted by molar-refractivity contribution is 0.0949. The molecule has 3 aromatic rings. The summed E-state index contributed by atoms with van der Waals surface area (Å²) in [4.78, 5) is 28.5. The molecule has 172 valence electrons. The van der Waals surface area contributed by atoms with E-state index in [0.717, 1.165) is 30.7 Å². The van der Waals surface area contributed by atoms with Crippen molar-refractivity contribution in [3.05, 3.63) is 80.6 Å². The molecule has 2 aromatic carbocycles. The van der Waals surface area contributed by atoms with E-state index >= 15 is 0 Å². The van der Waals surface area contributed by atoms with E-state index in [-0.39, 0.29) is 24.1 Å². The Hall–Kier alpha value is -3.11. The highest BCUT2D eigenvalue weighted by atomic mass is 35.5. The standard InChI is InChI=1S/C26H28ClN3O3/c1-3-29(4-2)13-14-30-18-23(26(33)28-17-20-7-10-21(27)11-8-20)25(32)22-16-19(6-5-15-31)9-12-24(22)30/h7-12,16,18,31H,3-4,13-15,17H2,1-2H3,(H,28,33). The number of nitrogens with zero attached hydrogens (tertiary/aromatic N) is 2. The van der Waals surface area contributed by atoms with Gasteiger partial charge in [-0.3, -0.25) is 9.59 Å². The first-order chi connectivity index (χ1) is 16.0. The molecule has 0 radical (unpaired) electrons. The predicted octanol–water partition coefficient (Wildman–Crippen LogP) is 3.27. The first kappa shape index (κ1) is 24.5. The van der Waals surface area contributed by atoms with Crippen molar-refractivity contribution in [1.29, 1.82) is 0 Å². The summed E-state index contributed by atoms with van der Waals surface area (Å²) in [5, 5.41) is 12.9. The fourth-order valence-electron chi connectivity index (χ4n) is 3.63. The molecule has 7 heteroatoms. The molecule has 0 atom stereocenters. The Balaban J connectivity index is 1.98. The fraction of sp³-hybridized carbons (Fsp3) is 0.308. The molecule has 0 bridgehead atoms. The van der Waals surface area contributed by atoms with Crippen LogP contribution in [0.25, 0.3) is 10.9 Å². The number of pyridine rings is 1. The summed E-state index contributed by atoms with van der Waals surface area (Å²) in [6.45, 7) is 7.51. The zero-order valence-corrected chi connectivity index (χ0v) is 19.7. The quantitative estimate of drug-likeness (QED) is 0.501. The second-order valence-electron chi connectivity index (χ2n) is 7.59. The molecule has 0 saturated carbocycles. The second-order valence-corrected chi connectivity index (χ2v) is 8.03. The molecule has 6 nitrogen and oxygen atoms in total. The van der Waals surface area contributed by atoms with Gasteiger partial charge in [0.15, 0.2) is 0 Å². The highest BCUT2D eigenvalue weighted by molar-refractivity contribution is 6.30. The molecule has 0 unspecified atom stereocenters. The van der Waals surface area contributed by atoms with Gasteiger partial charge in [-0.05, 0) is 49.0 Å². The van der Waals surface area contributed by atoms with Crippen molar-refractivity contribution < 1.29 is 9.90 Å². The molecule has 0 fully saturated rings. The molecule has 0 saturated heterocycles. The van der Waals surface area contributed by atoms with E-state index in [1.54, 1.807) is 24.4 Å². The molecule has 1 heterocycles. The lowest BCUT2D eigenvalue weighted by Crippen LogP contribution is -2.31. The van der Waals surface area contributed by atoms with Crippen LogP contribution in [0.2, 0.25) is 5.02 Å². The van der Waals surface area contributed by atoms with Crippen LogP contribution in [0.1, 0.15) is 35.3 Å². The Kier molecular flexibility index (Phi) is 8.67. The predicted molar refractivity (Wildman–Crippen MR) is 133 cm³/mol. The number of likely N-dealkylation sites (N-methyl/N-ethyl adjacent to an activating group) is 1. The van der Waals surface area contributed by atoms with Gasteiger partial charge < -0.3 is 19.9 Å². The van der Waals surface area contributed by atoms with Crippen molar-refractivity contribution in [3.8, 4) is 11.8 Å². The van der Waals surface area contributed by atoms with Crippen LogP contribution in [-0.4, -0.2) is 46.7 Å². The number of nitrogens with one attached hydrogen (secondary N) is 1. The number of aromatic nitrogens is 1. The van der Waals surface area contributed by atoms with E-state index in [2.05, 4.69) is 35.9 Å². The highest BCUT2D eigenvalue weighted by Crippen LogP contribution is 2.15. The van der Waals surface area contributed by atoms with E-state index in [0.29, 0.717) is 22.5 Å². The summed E-state index contributed by atoms with van der Waals surface area (Å²) in [6.07, 6.45) is 1.64. The normalized spacial score (nSPS) is 10.8. The molecule has 0 spiro atoms. The zero-order chi connectivity index (χ0) is 23.8. The van der Waals surface area contributed by atoms with Crippen molar-refractivity contribution in [2.45, 2.75) is 26.9 Å². The number of rotatable bonds is 8. The van der Waals surface area contributed by atoms with Crippen LogP contribution in [0.3, 0.4) is 0 Å². The van der Waals surface area contributed by atoms with Crippen molar-refractivity contribution in [3.63, 3.8) is 0 Å². The number of hydrogen-bond donors (Lipinski definition) is 2. The lowest BCUT2D eigenvalue weighted by atomic mass is 10.1. The van der Waals surface area contributed by atoms with E-state index in [9.17, 15) is 9.59 Å². The van der Waals surface area contributed by atoms with E-state index < -0.39 is 5.91 Å². The summed E-state index contributed by atoms with van der Waals surface area (Å²) in [7, 11) is 0.